The number of hydrogen-bond acceptors (Lipinski definition) is 2. The molecule has 1 amide bonds. The number of hydrogen-bond donors (Lipinski definition) is 1. The summed E-state index contributed by atoms with van der Waals surface area (Å²) < 4.78 is 4.46. The Labute approximate surface area is 53.8 Å². The zero-order valence-corrected chi connectivity index (χ0v) is 5.35. The molecule has 0 aliphatic carbocycles. The first-order chi connectivity index (χ1) is 4.31. The summed E-state index contributed by atoms with van der Waals surface area (Å²) in [6.07, 6.45) is -0.520. The molecular formula is C5H10NO3. The number of ether oxygens (including phenoxy) is 1. The van der Waals surface area contributed by atoms with E-state index < -0.39 is 6.09 Å². The van der Waals surface area contributed by atoms with Crippen LogP contribution in [0.25, 0.3) is 0 Å². The van der Waals surface area contributed by atoms with E-state index in [1.165, 1.54) is 0 Å². The summed E-state index contributed by atoms with van der Waals surface area (Å²) in [6.45, 7) is 1.87. The molecule has 0 spiro atoms. The molecule has 0 fully saturated rings. The molecule has 1 radical (unpaired) electrons. The molecule has 9 heavy (non-hydrogen) atoms. The lowest BCUT2D eigenvalue weighted by Crippen LogP contribution is -2.26. The summed E-state index contributed by atoms with van der Waals surface area (Å²) >= 11 is 0. The van der Waals surface area contributed by atoms with Gasteiger partial charge >= 0.3 is 6.09 Å². The molecule has 53 valence electrons. The standard InChI is InChI=1S/C5H10NO3/c1-2-9-5(8)6-3-4-7/h2-4H2,1H3,(H,6,8). The number of carbonyl (C=O) groups is 1. The van der Waals surface area contributed by atoms with Crippen molar-refractivity contribution in [2.45, 2.75) is 6.92 Å². The molecule has 0 heterocycles. The van der Waals surface area contributed by atoms with Crippen LogP contribution in [0.3, 0.4) is 0 Å². The molecule has 0 aromatic carbocycles. The summed E-state index contributed by atoms with van der Waals surface area (Å²) in [5, 5.41) is 12.0. The Morgan fingerprint density at radius 1 is 1.67 bits per heavy atom. The summed E-state index contributed by atoms with van der Waals surface area (Å²) in [5.41, 5.74) is 0. The van der Waals surface area contributed by atoms with E-state index in [9.17, 15) is 9.90 Å². The molecule has 0 atom stereocenters. The highest BCUT2D eigenvalue weighted by Crippen LogP contribution is 1.73. The van der Waals surface area contributed by atoms with E-state index in [2.05, 4.69) is 10.1 Å². The second kappa shape index (κ2) is 5.37. The maximum absolute atomic E-state index is 10.3. The molecule has 0 bridgehead atoms. The van der Waals surface area contributed by atoms with Crippen LogP contribution in [0.15, 0.2) is 0 Å². The number of carbonyl (C=O) groups excluding carboxylic acids is 1. The fourth-order valence-electron chi connectivity index (χ4n) is 0.335. The quantitative estimate of drug-likeness (QED) is 0.594. The number of nitrogens with one attached hydrogen (secondary N) is 1. The highest BCUT2D eigenvalue weighted by atomic mass is 16.5. The van der Waals surface area contributed by atoms with Crippen molar-refractivity contribution in [2.24, 2.45) is 0 Å². The third-order valence-electron chi connectivity index (χ3n) is 0.647. The van der Waals surface area contributed by atoms with Crippen LogP contribution in [0.2, 0.25) is 0 Å². The molecule has 0 aromatic heterocycles. The van der Waals surface area contributed by atoms with Crippen LogP contribution in [0, 0.1) is 0 Å². The first-order valence-corrected chi connectivity index (χ1v) is 2.80. The van der Waals surface area contributed by atoms with Gasteiger partial charge in [-0.15, -0.1) is 0 Å². The molecule has 0 saturated heterocycles. The zero-order valence-electron chi connectivity index (χ0n) is 5.35. The molecule has 0 saturated carbocycles. The van der Waals surface area contributed by atoms with E-state index in [0.29, 0.717) is 6.61 Å². The van der Waals surface area contributed by atoms with Gasteiger partial charge in [0, 0.05) is 6.54 Å². The summed E-state index contributed by atoms with van der Waals surface area (Å²) in [7, 11) is 0. The average Bonchev–Trinajstić information content (AvgIpc) is 1.85. The van der Waals surface area contributed by atoms with Gasteiger partial charge in [-0.1, -0.05) is 0 Å². The monoisotopic (exact) mass is 132 g/mol. The van der Waals surface area contributed by atoms with E-state index in [1.54, 1.807) is 6.92 Å². The molecule has 0 aromatic rings. The largest absolute Gasteiger partial charge is 0.450 e. The zero-order chi connectivity index (χ0) is 7.11. The Bertz CT molecular complexity index is 84.3. The Balaban J connectivity index is 3.06. The maximum Gasteiger partial charge on any atom is 0.407 e. The molecular weight excluding hydrogens is 122 g/mol. The van der Waals surface area contributed by atoms with E-state index in [-0.39, 0.29) is 13.2 Å². The van der Waals surface area contributed by atoms with Crippen molar-refractivity contribution in [3.63, 3.8) is 0 Å². The van der Waals surface area contributed by atoms with E-state index >= 15 is 0 Å². The lowest BCUT2D eigenvalue weighted by atomic mass is 10.7. The first kappa shape index (κ1) is 8.23. The summed E-state index contributed by atoms with van der Waals surface area (Å²) in [6, 6.07) is 0. The molecule has 4 heteroatoms. The third kappa shape index (κ3) is 5.10. The molecule has 1 N–H and O–H groups in total. The van der Waals surface area contributed by atoms with Crippen LogP contribution in [-0.2, 0) is 9.84 Å². The van der Waals surface area contributed by atoms with Crippen LogP contribution in [0.4, 0.5) is 4.79 Å². The predicted molar refractivity (Wildman–Crippen MR) is 30.6 cm³/mol. The van der Waals surface area contributed by atoms with E-state index in [4.69, 9.17) is 0 Å². The van der Waals surface area contributed by atoms with Crippen LogP contribution >= 0.6 is 0 Å². The Hall–Kier alpha value is -0.770. The van der Waals surface area contributed by atoms with Gasteiger partial charge in [-0.2, -0.15) is 0 Å². The highest BCUT2D eigenvalue weighted by molar-refractivity contribution is 5.66. The second-order valence-corrected chi connectivity index (χ2v) is 1.35. The van der Waals surface area contributed by atoms with Gasteiger partial charge in [-0.3, -0.25) is 0 Å². The highest BCUT2D eigenvalue weighted by Gasteiger charge is 1.95. The van der Waals surface area contributed by atoms with Crippen molar-refractivity contribution in [2.75, 3.05) is 19.8 Å². The minimum Gasteiger partial charge on any atom is -0.450 e. The average molecular weight is 132 g/mol. The molecule has 0 rings (SSSR count). The van der Waals surface area contributed by atoms with E-state index in [1.807, 2.05) is 0 Å². The Morgan fingerprint density at radius 2 is 2.33 bits per heavy atom. The van der Waals surface area contributed by atoms with Gasteiger partial charge in [0.1, 0.15) is 0 Å². The SMILES string of the molecule is CCOC(=O)NCC[O]. The topological polar surface area (TPSA) is 58.2 Å². The van der Waals surface area contributed by atoms with Gasteiger partial charge in [-0.25, -0.2) is 9.90 Å². The summed E-state index contributed by atoms with van der Waals surface area (Å²) in [4.78, 5) is 10.3. The lowest BCUT2D eigenvalue weighted by Gasteiger charge is -2.00. The predicted octanol–water partition coefficient (Wildman–Crippen LogP) is 0.163. The minimum atomic E-state index is -0.520. The van der Waals surface area contributed by atoms with E-state index in [0.717, 1.165) is 0 Å². The second-order valence-electron chi connectivity index (χ2n) is 1.35. The normalized spacial score (nSPS) is 8.67. The van der Waals surface area contributed by atoms with Crippen molar-refractivity contribution in [1.29, 1.82) is 0 Å². The Morgan fingerprint density at radius 3 is 2.78 bits per heavy atom. The van der Waals surface area contributed by atoms with Gasteiger partial charge in [0.2, 0.25) is 0 Å². The van der Waals surface area contributed by atoms with Gasteiger partial charge in [0.25, 0.3) is 0 Å². The number of alkyl carbamates (subject to hydrolysis) is 1. The van der Waals surface area contributed by atoms with Crippen molar-refractivity contribution in [3.05, 3.63) is 0 Å². The maximum atomic E-state index is 10.3. The van der Waals surface area contributed by atoms with Gasteiger partial charge in [0.15, 0.2) is 0 Å². The fourth-order valence-corrected chi connectivity index (χ4v) is 0.335. The van der Waals surface area contributed by atoms with Gasteiger partial charge in [0.05, 0.1) is 13.2 Å². The smallest absolute Gasteiger partial charge is 0.407 e. The van der Waals surface area contributed by atoms with Crippen molar-refractivity contribution in [3.8, 4) is 0 Å². The Kier molecular flexibility index (Phi) is 4.91. The van der Waals surface area contributed by atoms with Gasteiger partial charge < -0.3 is 10.1 Å². The van der Waals surface area contributed by atoms with Gasteiger partial charge in [-0.05, 0) is 6.92 Å². The fraction of sp³-hybridized carbons (Fsp3) is 0.800. The minimum absolute atomic E-state index is 0.138. The van der Waals surface area contributed by atoms with Crippen LogP contribution in [0.1, 0.15) is 6.92 Å². The molecule has 4 nitrogen and oxygen atoms in total. The summed E-state index contributed by atoms with van der Waals surface area (Å²) in [5.74, 6) is 0. The van der Waals surface area contributed by atoms with Crippen molar-refractivity contribution >= 4 is 6.09 Å². The number of rotatable bonds is 3. The number of amides is 1. The van der Waals surface area contributed by atoms with Crippen LogP contribution < -0.4 is 5.32 Å². The third-order valence-corrected chi connectivity index (χ3v) is 0.647. The molecule has 0 unspecified atom stereocenters. The lowest BCUT2D eigenvalue weighted by molar-refractivity contribution is 0.142. The van der Waals surface area contributed by atoms with Crippen LogP contribution in [-0.4, -0.2) is 25.9 Å². The molecule has 0 aliphatic heterocycles. The van der Waals surface area contributed by atoms with Crippen molar-refractivity contribution in [1.82, 2.24) is 5.32 Å². The molecule has 0 aliphatic rings. The van der Waals surface area contributed by atoms with Crippen LogP contribution in [0.5, 0.6) is 0 Å². The van der Waals surface area contributed by atoms with Crippen molar-refractivity contribution < 1.29 is 14.6 Å². The first-order valence-electron chi connectivity index (χ1n) is 2.80.